The molecule has 0 bridgehead atoms. The summed E-state index contributed by atoms with van der Waals surface area (Å²) in [6.07, 6.45) is -2.30. The molecule has 1 rings (SSSR count). The van der Waals surface area contributed by atoms with E-state index in [1.165, 1.54) is 0 Å². The van der Waals surface area contributed by atoms with E-state index in [1.54, 1.807) is 18.2 Å². The third-order valence-electron chi connectivity index (χ3n) is 1.75. The van der Waals surface area contributed by atoms with E-state index in [1.807, 2.05) is 13.8 Å². The van der Waals surface area contributed by atoms with Crippen LogP contribution in [0.4, 0.5) is 0 Å². The molecular weight excluding hydrogens is 320 g/mol. The van der Waals surface area contributed by atoms with Gasteiger partial charge in [0.15, 0.2) is 6.42 Å². The van der Waals surface area contributed by atoms with Crippen molar-refractivity contribution >= 4 is 53.0 Å². The Bertz CT molecular complexity index is 442. The van der Waals surface area contributed by atoms with E-state index < -0.39 is 6.42 Å². The molecule has 0 radical (unpaired) electrons. The number of alkyl halides is 1. The largest absolute Gasteiger partial charge is 0.451 e. The minimum Gasteiger partial charge on any atom is -0.451 e. The summed E-state index contributed by atoms with van der Waals surface area (Å²) in [6.45, 7) is 3.97. The summed E-state index contributed by atoms with van der Waals surface area (Å²) >= 11 is 23.1. The minimum atomic E-state index is -2.30. The van der Waals surface area contributed by atoms with Gasteiger partial charge in [0.1, 0.15) is 5.75 Å². The highest BCUT2D eigenvalue weighted by Gasteiger charge is 2.20. The van der Waals surface area contributed by atoms with Crippen molar-refractivity contribution < 1.29 is 4.52 Å². The van der Waals surface area contributed by atoms with Crippen molar-refractivity contribution in [3.05, 3.63) is 28.2 Å². The van der Waals surface area contributed by atoms with Gasteiger partial charge in [0, 0.05) is 11.1 Å². The number of benzene rings is 1. The highest BCUT2D eigenvalue weighted by atomic mass is 35.5. The van der Waals surface area contributed by atoms with Gasteiger partial charge in [-0.05, 0) is 43.9 Å². The summed E-state index contributed by atoms with van der Waals surface area (Å²) in [4.78, 5) is 0. The summed E-state index contributed by atoms with van der Waals surface area (Å²) in [5.74, 6) is 0.508. The Morgan fingerprint density at radius 2 is 2.06 bits per heavy atom. The van der Waals surface area contributed by atoms with Crippen molar-refractivity contribution in [1.29, 1.82) is 0 Å². The van der Waals surface area contributed by atoms with E-state index in [0.717, 1.165) is 0 Å². The maximum atomic E-state index is 6.02. The van der Waals surface area contributed by atoms with Gasteiger partial charge in [-0.15, -0.1) is 11.6 Å². The zero-order valence-corrected chi connectivity index (χ0v) is 13.4. The average Bonchev–Trinajstić information content (AvgIpc) is 2.21. The monoisotopic (exact) mass is 331 g/mol. The van der Waals surface area contributed by atoms with Crippen molar-refractivity contribution in [2.75, 3.05) is 5.62 Å². The summed E-state index contributed by atoms with van der Waals surface area (Å²) in [5, 5.41) is 4.16. The van der Waals surface area contributed by atoms with Crippen molar-refractivity contribution in [1.82, 2.24) is 5.09 Å². The zero-order valence-electron chi connectivity index (χ0n) is 9.41. The van der Waals surface area contributed by atoms with Gasteiger partial charge in [0.05, 0.1) is 10.6 Å². The molecule has 7 heteroatoms. The minimum absolute atomic E-state index is 0.200. The Morgan fingerprint density at radius 1 is 1.41 bits per heavy atom. The quantitative estimate of drug-likeness (QED) is 0.613. The van der Waals surface area contributed by atoms with Gasteiger partial charge >= 0.3 is 0 Å². The number of halogens is 3. The molecule has 0 heterocycles. The van der Waals surface area contributed by atoms with E-state index in [2.05, 4.69) is 5.09 Å². The molecule has 0 aromatic heterocycles. The molecule has 0 amide bonds. The van der Waals surface area contributed by atoms with Crippen LogP contribution in [-0.4, -0.2) is 11.7 Å². The maximum Gasteiger partial charge on any atom is 0.193 e. The lowest BCUT2D eigenvalue weighted by molar-refractivity contribution is 0.585. The van der Waals surface area contributed by atoms with Gasteiger partial charge in [-0.3, -0.25) is 5.09 Å². The number of hydrogen-bond acceptors (Lipinski definition) is 2. The van der Waals surface area contributed by atoms with Crippen molar-refractivity contribution in [2.45, 2.75) is 19.9 Å². The van der Waals surface area contributed by atoms with Crippen LogP contribution in [0.3, 0.4) is 0 Å². The fourth-order valence-corrected chi connectivity index (χ4v) is 4.35. The van der Waals surface area contributed by atoms with E-state index >= 15 is 0 Å². The van der Waals surface area contributed by atoms with Gasteiger partial charge in [0.25, 0.3) is 0 Å². The second-order valence-corrected chi connectivity index (χ2v) is 9.10. The molecular formula is C10H13Cl3NOPS. The van der Waals surface area contributed by atoms with E-state index in [0.29, 0.717) is 15.8 Å². The standard InChI is InChI=1S/C10H13Cl3NOPS/c1-7(2)14-16(17,6-11)15-10-4-3-8(12)5-9(10)13/h3-5,7H,6H2,1-2H3,(H,14,17). The van der Waals surface area contributed by atoms with Crippen LogP contribution in [0.2, 0.25) is 10.0 Å². The molecule has 17 heavy (non-hydrogen) atoms. The summed E-state index contributed by atoms with van der Waals surface area (Å²) in [7, 11) is 0. The van der Waals surface area contributed by atoms with Gasteiger partial charge in [-0.25, -0.2) is 0 Å². The molecule has 0 aliphatic rings. The van der Waals surface area contributed by atoms with E-state index in [4.69, 9.17) is 51.1 Å². The van der Waals surface area contributed by atoms with Gasteiger partial charge in [0.2, 0.25) is 0 Å². The van der Waals surface area contributed by atoms with Gasteiger partial charge < -0.3 is 4.52 Å². The first-order valence-electron chi connectivity index (χ1n) is 4.94. The lowest BCUT2D eigenvalue weighted by Crippen LogP contribution is -2.22. The number of rotatable bonds is 5. The molecule has 0 aliphatic heterocycles. The first kappa shape index (κ1) is 15.6. The van der Waals surface area contributed by atoms with Crippen molar-refractivity contribution in [3.8, 4) is 5.75 Å². The van der Waals surface area contributed by atoms with Crippen LogP contribution in [0.5, 0.6) is 5.75 Å². The van der Waals surface area contributed by atoms with Crippen LogP contribution in [-0.2, 0) is 11.8 Å². The molecule has 1 aromatic carbocycles. The normalized spacial score (nSPS) is 14.7. The Morgan fingerprint density at radius 3 is 2.53 bits per heavy atom. The maximum absolute atomic E-state index is 6.02. The Kier molecular flexibility index (Phi) is 6.04. The fraction of sp³-hybridized carbons (Fsp3) is 0.400. The van der Waals surface area contributed by atoms with Gasteiger partial charge in [-0.1, -0.05) is 23.2 Å². The van der Waals surface area contributed by atoms with E-state index in [9.17, 15) is 0 Å². The van der Waals surface area contributed by atoms with Crippen LogP contribution in [0, 0.1) is 0 Å². The lowest BCUT2D eigenvalue weighted by Gasteiger charge is -2.24. The predicted octanol–water partition coefficient (Wildman–Crippen LogP) is 4.88. The predicted molar refractivity (Wildman–Crippen MR) is 80.4 cm³/mol. The second-order valence-electron chi connectivity index (χ2n) is 3.74. The first-order valence-corrected chi connectivity index (χ1v) is 9.13. The highest BCUT2D eigenvalue weighted by molar-refractivity contribution is 8.12. The Balaban J connectivity index is 2.91. The summed E-state index contributed by atoms with van der Waals surface area (Å²) in [5.41, 5.74) is 0.236. The topological polar surface area (TPSA) is 21.3 Å². The molecule has 0 saturated heterocycles. The first-order chi connectivity index (χ1) is 7.86. The molecule has 96 valence electrons. The van der Waals surface area contributed by atoms with Crippen LogP contribution in [0.1, 0.15) is 13.8 Å². The third-order valence-corrected chi connectivity index (χ3v) is 6.36. The van der Waals surface area contributed by atoms with Crippen molar-refractivity contribution in [2.24, 2.45) is 0 Å². The molecule has 0 saturated carbocycles. The van der Waals surface area contributed by atoms with Crippen LogP contribution in [0.25, 0.3) is 0 Å². The number of nitrogens with one attached hydrogen (secondary N) is 1. The lowest BCUT2D eigenvalue weighted by atomic mass is 10.3. The Labute approximate surface area is 122 Å². The molecule has 1 unspecified atom stereocenters. The summed E-state index contributed by atoms with van der Waals surface area (Å²) < 4.78 is 5.74. The highest BCUT2D eigenvalue weighted by Crippen LogP contribution is 2.47. The van der Waals surface area contributed by atoms with Crippen LogP contribution in [0.15, 0.2) is 18.2 Å². The van der Waals surface area contributed by atoms with Crippen molar-refractivity contribution in [3.63, 3.8) is 0 Å². The smallest absolute Gasteiger partial charge is 0.193 e. The zero-order chi connectivity index (χ0) is 13.1. The molecule has 2 nitrogen and oxygen atoms in total. The molecule has 1 N–H and O–H groups in total. The fourth-order valence-electron chi connectivity index (χ4n) is 1.19. The Hall–Kier alpha value is 0.500. The number of hydrogen-bond donors (Lipinski definition) is 1. The van der Waals surface area contributed by atoms with Crippen LogP contribution < -0.4 is 9.61 Å². The van der Waals surface area contributed by atoms with Crippen LogP contribution >= 0.6 is 41.2 Å². The average molecular weight is 333 g/mol. The second kappa shape index (κ2) is 6.60. The van der Waals surface area contributed by atoms with Gasteiger partial charge in [-0.2, -0.15) is 0 Å². The molecule has 0 aliphatic carbocycles. The molecule has 0 spiro atoms. The molecule has 0 fully saturated rings. The van der Waals surface area contributed by atoms with E-state index in [-0.39, 0.29) is 11.7 Å². The third kappa shape index (κ3) is 4.94. The molecule has 1 atom stereocenters. The molecule has 1 aromatic rings. The summed E-state index contributed by atoms with van der Waals surface area (Å²) in [6, 6.07) is 5.21. The SMILES string of the molecule is CC(C)NP(=S)(CCl)Oc1ccc(Cl)cc1Cl.